The van der Waals surface area contributed by atoms with Gasteiger partial charge in [-0.05, 0) is 37.3 Å². The average Bonchev–Trinajstić information content (AvgIpc) is 2.53. The van der Waals surface area contributed by atoms with Crippen molar-refractivity contribution in [3.05, 3.63) is 65.7 Å². The Morgan fingerprint density at radius 1 is 1.22 bits per heavy atom. The minimum absolute atomic E-state index is 0.103. The predicted octanol–water partition coefficient (Wildman–Crippen LogP) is 4.04. The first-order valence-corrected chi connectivity index (χ1v) is 8.76. The van der Waals surface area contributed by atoms with Crippen molar-refractivity contribution in [2.24, 2.45) is 0 Å². The number of benzene rings is 2. The lowest BCUT2D eigenvalue weighted by molar-refractivity contribution is 0.414. The van der Waals surface area contributed by atoms with Gasteiger partial charge in [0.05, 0.1) is 29.3 Å². The lowest BCUT2D eigenvalue weighted by Crippen LogP contribution is -2.31. The van der Waals surface area contributed by atoms with Gasteiger partial charge in [-0.15, -0.1) is 6.58 Å². The van der Waals surface area contributed by atoms with Crippen molar-refractivity contribution >= 4 is 27.3 Å². The van der Waals surface area contributed by atoms with Gasteiger partial charge < -0.3 is 4.74 Å². The highest BCUT2D eigenvalue weighted by Gasteiger charge is 2.24. The summed E-state index contributed by atoms with van der Waals surface area (Å²) in [5, 5.41) is 0.246. The Morgan fingerprint density at radius 2 is 1.87 bits per heavy atom. The SMILES string of the molecule is C=CCN(c1ccc(C)cc1)S(=O)(=O)c1ccc(OC)c(Cl)c1. The van der Waals surface area contributed by atoms with Crippen LogP contribution in [-0.2, 0) is 10.0 Å². The number of anilines is 1. The molecule has 0 aliphatic heterocycles. The highest BCUT2D eigenvalue weighted by atomic mass is 35.5. The maximum Gasteiger partial charge on any atom is 0.264 e. The summed E-state index contributed by atoms with van der Waals surface area (Å²) in [5.41, 5.74) is 1.62. The Hall–Kier alpha value is -1.98. The van der Waals surface area contributed by atoms with Gasteiger partial charge in [-0.2, -0.15) is 0 Å². The molecule has 6 heteroatoms. The summed E-state index contributed by atoms with van der Waals surface area (Å²) >= 11 is 6.06. The molecule has 2 aromatic carbocycles. The van der Waals surface area contributed by atoms with Gasteiger partial charge in [0.15, 0.2) is 0 Å². The first-order chi connectivity index (χ1) is 10.9. The number of sulfonamides is 1. The van der Waals surface area contributed by atoms with E-state index >= 15 is 0 Å². The second kappa shape index (κ2) is 7.06. The molecule has 0 spiro atoms. The Labute approximate surface area is 142 Å². The van der Waals surface area contributed by atoms with Crippen molar-refractivity contribution in [1.82, 2.24) is 0 Å². The summed E-state index contributed by atoms with van der Waals surface area (Å²) in [5.74, 6) is 0.427. The van der Waals surface area contributed by atoms with Crippen LogP contribution in [0.4, 0.5) is 5.69 Å². The predicted molar refractivity (Wildman–Crippen MR) is 93.9 cm³/mol. The van der Waals surface area contributed by atoms with Gasteiger partial charge >= 0.3 is 0 Å². The van der Waals surface area contributed by atoms with E-state index in [4.69, 9.17) is 16.3 Å². The van der Waals surface area contributed by atoms with E-state index in [0.717, 1.165) is 5.56 Å². The Bertz CT molecular complexity index is 801. The highest BCUT2D eigenvalue weighted by molar-refractivity contribution is 7.92. The number of ether oxygens (including phenoxy) is 1. The summed E-state index contributed by atoms with van der Waals surface area (Å²) in [6.45, 7) is 5.75. The standard InChI is InChI=1S/C17H18ClNO3S/c1-4-11-19(14-7-5-13(2)6-8-14)23(20,21)15-9-10-17(22-3)16(18)12-15/h4-10,12H,1,11H2,2-3H3. The number of halogens is 1. The van der Waals surface area contributed by atoms with E-state index < -0.39 is 10.0 Å². The smallest absolute Gasteiger partial charge is 0.264 e. The fourth-order valence-electron chi connectivity index (χ4n) is 2.11. The largest absolute Gasteiger partial charge is 0.495 e. The first-order valence-electron chi connectivity index (χ1n) is 6.94. The third-order valence-corrected chi connectivity index (χ3v) is 5.41. The van der Waals surface area contributed by atoms with Crippen molar-refractivity contribution in [3.63, 3.8) is 0 Å². The summed E-state index contributed by atoms with van der Waals surface area (Å²) in [6, 6.07) is 11.7. The molecule has 0 bridgehead atoms. The highest BCUT2D eigenvalue weighted by Crippen LogP contribution is 2.30. The molecule has 0 heterocycles. The maximum absolute atomic E-state index is 12.9. The van der Waals surface area contributed by atoms with Crippen LogP contribution in [0.2, 0.25) is 5.02 Å². The molecule has 0 unspecified atom stereocenters. The number of methoxy groups -OCH3 is 1. The van der Waals surface area contributed by atoms with Crippen LogP contribution in [0.25, 0.3) is 0 Å². The topological polar surface area (TPSA) is 46.6 Å². The van der Waals surface area contributed by atoms with E-state index in [1.807, 2.05) is 19.1 Å². The van der Waals surface area contributed by atoms with Crippen LogP contribution in [0.1, 0.15) is 5.56 Å². The molecular formula is C17H18ClNO3S. The third kappa shape index (κ3) is 3.68. The molecule has 0 amide bonds. The van der Waals surface area contributed by atoms with Gasteiger partial charge in [0, 0.05) is 0 Å². The molecule has 4 nitrogen and oxygen atoms in total. The molecule has 0 radical (unpaired) electrons. The van der Waals surface area contributed by atoms with Crippen molar-refractivity contribution in [1.29, 1.82) is 0 Å². The van der Waals surface area contributed by atoms with E-state index in [1.165, 1.54) is 29.6 Å². The van der Waals surface area contributed by atoms with E-state index in [2.05, 4.69) is 6.58 Å². The number of hydrogen-bond acceptors (Lipinski definition) is 3. The van der Waals surface area contributed by atoms with Crippen LogP contribution < -0.4 is 9.04 Å². The molecular weight excluding hydrogens is 334 g/mol. The lowest BCUT2D eigenvalue weighted by atomic mass is 10.2. The summed E-state index contributed by atoms with van der Waals surface area (Å²) in [4.78, 5) is 0.103. The van der Waals surface area contributed by atoms with Gasteiger partial charge in [0.2, 0.25) is 0 Å². The normalized spacial score (nSPS) is 11.1. The van der Waals surface area contributed by atoms with Crippen LogP contribution in [0, 0.1) is 6.92 Å². The Kier molecular flexibility index (Phi) is 5.34. The molecule has 0 atom stereocenters. The van der Waals surface area contributed by atoms with Gasteiger partial charge in [-0.3, -0.25) is 4.31 Å². The molecule has 0 saturated heterocycles. The molecule has 0 aromatic heterocycles. The van der Waals surface area contributed by atoms with Crippen LogP contribution in [0.3, 0.4) is 0 Å². The Morgan fingerprint density at radius 3 is 2.39 bits per heavy atom. The molecule has 0 fully saturated rings. The fraction of sp³-hybridized carbons (Fsp3) is 0.176. The van der Waals surface area contributed by atoms with E-state index in [-0.39, 0.29) is 16.5 Å². The maximum atomic E-state index is 12.9. The van der Waals surface area contributed by atoms with Gasteiger partial charge in [-0.1, -0.05) is 35.4 Å². The van der Waals surface area contributed by atoms with Crippen LogP contribution in [0.5, 0.6) is 5.75 Å². The zero-order valence-electron chi connectivity index (χ0n) is 13.0. The number of aryl methyl sites for hydroxylation is 1. The molecule has 2 aromatic rings. The van der Waals surface area contributed by atoms with Crippen molar-refractivity contribution in [2.75, 3.05) is 18.0 Å². The van der Waals surface area contributed by atoms with Crippen molar-refractivity contribution in [3.8, 4) is 5.75 Å². The first kappa shape index (κ1) is 17.4. The molecule has 2 rings (SSSR count). The summed E-state index contributed by atoms with van der Waals surface area (Å²) in [7, 11) is -2.28. The molecule has 23 heavy (non-hydrogen) atoms. The van der Waals surface area contributed by atoms with E-state index in [1.54, 1.807) is 18.2 Å². The average molecular weight is 352 g/mol. The molecule has 0 N–H and O–H groups in total. The quantitative estimate of drug-likeness (QED) is 0.738. The van der Waals surface area contributed by atoms with Crippen molar-refractivity contribution < 1.29 is 13.2 Å². The number of hydrogen-bond donors (Lipinski definition) is 0. The molecule has 0 aliphatic rings. The van der Waals surface area contributed by atoms with Crippen LogP contribution >= 0.6 is 11.6 Å². The van der Waals surface area contributed by atoms with Gasteiger partial charge in [0.25, 0.3) is 10.0 Å². The van der Waals surface area contributed by atoms with Crippen LogP contribution in [-0.4, -0.2) is 22.1 Å². The number of nitrogens with zero attached hydrogens (tertiary/aromatic N) is 1. The van der Waals surface area contributed by atoms with Gasteiger partial charge in [-0.25, -0.2) is 8.42 Å². The fourth-order valence-corrected chi connectivity index (χ4v) is 3.89. The lowest BCUT2D eigenvalue weighted by Gasteiger charge is -2.23. The zero-order chi connectivity index (χ0) is 17.0. The molecule has 0 aliphatic carbocycles. The number of rotatable bonds is 6. The summed E-state index contributed by atoms with van der Waals surface area (Å²) < 4.78 is 32.2. The minimum atomic E-state index is -3.75. The Balaban J connectivity index is 2.50. The van der Waals surface area contributed by atoms with Crippen molar-refractivity contribution in [2.45, 2.75) is 11.8 Å². The van der Waals surface area contributed by atoms with E-state index in [0.29, 0.717) is 11.4 Å². The second-order valence-electron chi connectivity index (χ2n) is 4.96. The zero-order valence-corrected chi connectivity index (χ0v) is 14.6. The minimum Gasteiger partial charge on any atom is -0.495 e. The van der Waals surface area contributed by atoms with Crippen LogP contribution in [0.15, 0.2) is 60.0 Å². The molecule has 0 saturated carbocycles. The second-order valence-corrected chi connectivity index (χ2v) is 7.23. The van der Waals surface area contributed by atoms with Gasteiger partial charge in [0.1, 0.15) is 5.75 Å². The summed E-state index contributed by atoms with van der Waals surface area (Å²) in [6.07, 6.45) is 1.54. The third-order valence-electron chi connectivity index (χ3n) is 3.33. The van der Waals surface area contributed by atoms with E-state index in [9.17, 15) is 8.42 Å². The molecule has 122 valence electrons. The monoisotopic (exact) mass is 351 g/mol.